The average molecular weight is 184 g/mol. The van der Waals surface area contributed by atoms with E-state index in [4.69, 9.17) is 0 Å². The molecule has 0 aromatic heterocycles. The molecule has 0 aliphatic heterocycles. The van der Waals surface area contributed by atoms with Crippen molar-refractivity contribution in [3.63, 3.8) is 0 Å². The molecule has 2 rings (SSSR count). The molecule has 2 aromatic rings. The topological polar surface area (TPSA) is 0 Å². The zero-order valence-electron chi connectivity index (χ0n) is 6.77. The molecule has 64 valence electrons. The molecule has 0 bridgehead atoms. The summed E-state index contributed by atoms with van der Waals surface area (Å²) in [7, 11) is 0. The van der Waals surface area contributed by atoms with Crippen LogP contribution in [0.15, 0.2) is 60.7 Å². The van der Waals surface area contributed by atoms with E-state index in [0.29, 0.717) is 0 Å². The van der Waals surface area contributed by atoms with Gasteiger partial charge in [-0.25, -0.2) is 0 Å². The van der Waals surface area contributed by atoms with Crippen LogP contribution in [0, 0.1) is 0 Å². The summed E-state index contributed by atoms with van der Waals surface area (Å²) in [6, 6.07) is 20.8. The van der Waals surface area contributed by atoms with Gasteiger partial charge in [0.25, 0.3) is 0 Å². The fourth-order valence-electron chi connectivity index (χ4n) is 1.26. The van der Waals surface area contributed by atoms with Gasteiger partial charge in [0.05, 0.1) is 0 Å². The van der Waals surface area contributed by atoms with Crippen molar-refractivity contribution >= 4 is 17.4 Å². The second-order valence-electron chi connectivity index (χ2n) is 2.73. The second-order valence-corrected chi connectivity index (χ2v) is 2.73. The Bertz CT molecular complexity index is 303. The Morgan fingerprint density at radius 1 is 0.462 bits per heavy atom. The summed E-state index contributed by atoms with van der Waals surface area (Å²) in [5.74, 6) is 0. The Hall–Kier alpha value is -1.03. The van der Waals surface area contributed by atoms with E-state index in [1.54, 1.807) is 0 Å². The molecule has 13 heavy (non-hydrogen) atoms. The van der Waals surface area contributed by atoms with Crippen molar-refractivity contribution in [2.75, 3.05) is 0 Å². The average Bonchev–Trinajstić information content (AvgIpc) is 2.21. The molecule has 0 saturated carbocycles. The highest BCUT2D eigenvalue weighted by Gasteiger charge is 1.91. The number of hydrogen-bond donors (Lipinski definition) is 0. The monoisotopic (exact) mass is 184 g/mol. The van der Waals surface area contributed by atoms with Crippen LogP contribution in [0.4, 0.5) is 0 Å². The molecule has 0 N–H and O–H groups in total. The molecular weight excluding hydrogens is 171 g/mol. The summed E-state index contributed by atoms with van der Waals surface area (Å²) in [4.78, 5) is 0. The molecule has 0 amide bonds. The first kappa shape index (κ1) is 10.1. The molecule has 0 saturated heterocycles. The van der Waals surface area contributed by atoms with Gasteiger partial charge in [-0.15, -0.1) is 0 Å². The van der Waals surface area contributed by atoms with Gasteiger partial charge >= 0.3 is 0 Å². The summed E-state index contributed by atoms with van der Waals surface area (Å²) in [5, 5.41) is 0. The van der Waals surface area contributed by atoms with Crippen molar-refractivity contribution in [2.45, 2.75) is 0 Å². The number of hydrogen-bond acceptors (Lipinski definition) is 0. The van der Waals surface area contributed by atoms with Crippen molar-refractivity contribution in [2.24, 2.45) is 0 Å². The van der Waals surface area contributed by atoms with Crippen LogP contribution in [0.1, 0.15) is 0 Å². The highest BCUT2D eigenvalue weighted by atomic mass is 27.0. The lowest BCUT2D eigenvalue weighted by Gasteiger charge is -1.98. The fraction of sp³-hybridized carbons (Fsp3) is 0. The molecule has 2 aromatic carbocycles. The molecule has 0 spiro atoms. The summed E-state index contributed by atoms with van der Waals surface area (Å²) in [6.45, 7) is 0. The Balaban J connectivity index is 0.000000845. The maximum atomic E-state index is 2.12. The lowest BCUT2D eigenvalue weighted by Crippen LogP contribution is -1.73. The summed E-state index contributed by atoms with van der Waals surface area (Å²) >= 11 is 0. The molecule has 0 fully saturated rings. The maximum Gasteiger partial charge on any atom is 0.187 e. The van der Waals surface area contributed by atoms with Crippen molar-refractivity contribution < 1.29 is 0 Å². The second kappa shape index (κ2) is 4.87. The van der Waals surface area contributed by atoms with E-state index in [1.807, 2.05) is 12.1 Å². The van der Waals surface area contributed by atoms with Crippen molar-refractivity contribution in [1.82, 2.24) is 0 Å². The highest BCUT2D eigenvalue weighted by molar-refractivity contribution is 5.75. The van der Waals surface area contributed by atoms with Crippen LogP contribution in [0.3, 0.4) is 0 Å². The molecule has 0 unspecified atom stereocenters. The minimum Gasteiger partial charge on any atom is -0.0622 e. The Labute approximate surface area is 89.4 Å². The van der Waals surface area contributed by atoms with Gasteiger partial charge in [-0.3, -0.25) is 0 Å². The summed E-state index contributed by atoms with van der Waals surface area (Å²) < 4.78 is 0. The van der Waals surface area contributed by atoms with E-state index < -0.39 is 0 Å². The molecule has 1 heteroatoms. The third-order valence-corrected chi connectivity index (χ3v) is 1.88. The van der Waals surface area contributed by atoms with Gasteiger partial charge in [-0.2, -0.15) is 0 Å². The van der Waals surface area contributed by atoms with Gasteiger partial charge in [0.1, 0.15) is 0 Å². The number of benzene rings is 2. The van der Waals surface area contributed by atoms with Crippen LogP contribution in [0.2, 0.25) is 0 Å². The van der Waals surface area contributed by atoms with E-state index in [0.717, 1.165) is 0 Å². The predicted octanol–water partition coefficient (Wildman–Crippen LogP) is 2.17. The zero-order valence-corrected chi connectivity index (χ0v) is 6.77. The van der Waals surface area contributed by atoms with E-state index >= 15 is 0 Å². The largest absolute Gasteiger partial charge is 0.187 e. The zero-order chi connectivity index (χ0) is 8.23. The van der Waals surface area contributed by atoms with Crippen molar-refractivity contribution in [1.29, 1.82) is 0 Å². The first-order valence-electron chi connectivity index (χ1n) is 4.07. The molecular formula is C12H13Al. The van der Waals surface area contributed by atoms with E-state index in [9.17, 15) is 0 Å². The third-order valence-electron chi connectivity index (χ3n) is 1.88. The van der Waals surface area contributed by atoms with Crippen LogP contribution in [0.5, 0.6) is 0 Å². The van der Waals surface area contributed by atoms with Gasteiger partial charge in [0, 0.05) is 0 Å². The molecule has 0 atom stereocenters. The van der Waals surface area contributed by atoms with Crippen molar-refractivity contribution in [3.05, 3.63) is 60.7 Å². The lowest BCUT2D eigenvalue weighted by atomic mass is 10.1. The maximum absolute atomic E-state index is 2.12. The van der Waals surface area contributed by atoms with Crippen molar-refractivity contribution in [3.8, 4) is 11.1 Å². The van der Waals surface area contributed by atoms with Gasteiger partial charge in [0.15, 0.2) is 17.4 Å². The molecule has 0 nitrogen and oxygen atoms in total. The van der Waals surface area contributed by atoms with Gasteiger partial charge in [0.2, 0.25) is 0 Å². The summed E-state index contributed by atoms with van der Waals surface area (Å²) in [6.07, 6.45) is 0. The summed E-state index contributed by atoms with van der Waals surface area (Å²) in [5.41, 5.74) is 2.55. The molecule has 0 aliphatic rings. The normalized spacial score (nSPS) is 8.92. The van der Waals surface area contributed by atoms with Crippen LogP contribution in [0.25, 0.3) is 11.1 Å². The fourth-order valence-corrected chi connectivity index (χ4v) is 1.26. The Morgan fingerprint density at radius 2 is 0.769 bits per heavy atom. The van der Waals surface area contributed by atoms with E-state index in [-0.39, 0.29) is 17.4 Å². The van der Waals surface area contributed by atoms with Crippen LogP contribution in [-0.2, 0) is 0 Å². The third kappa shape index (κ3) is 2.45. The Morgan fingerprint density at radius 3 is 1.08 bits per heavy atom. The highest BCUT2D eigenvalue weighted by Crippen LogP contribution is 2.17. The van der Waals surface area contributed by atoms with Crippen LogP contribution >= 0.6 is 0 Å². The first-order valence-corrected chi connectivity index (χ1v) is 4.07. The van der Waals surface area contributed by atoms with Gasteiger partial charge < -0.3 is 0 Å². The predicted molar refractivity (Wildman–Crippen MR) is 61.8 cm³/mol. The minimum absolute atomic E-state index is 0. The lowest BCUT2D eigenvalue weighted by molar-refractivity contribution is 1.62. The minimum atomic E-state index is 0. The molecule has 0 heterocycles. The van der Waals surface area contributed by atoms with Crippen LogP contribution < -0.4 is 0 Å². The smallest absolute Gasteiger partial charge is 0.0622 e. The van der Waals surface area contributed by atoms with E-state index in [2.05, 4.69) is 48.5 Å². The number of rotatable bonds is 1. The first-order chi connectivity index (χ1) is 5.97. The SMILES string of the molecule is [AlH3].c1ccc(-c2ccccc2)cc1. The van der Waals surface area contributed by atoms with E-state index in [1.165, 1.54) is 11.1 Å². The quantitative estimate of drug-likeness (QED) is 0.596. The molecule has 0 radical (unpaired) electrons. The standard InChI is InChI=1S/C12H10.Al.3H/c1-3-7-11(8-4-1)12-9-5-2-6-10-12;;;;/h1-10H;;;;. The van der Waals surface area contributed by atoms with Gasteiger partial charge in [-0.05, 0) is 11.1 Å². The Kier molecular flexibility index (Phi) is 3.77. The van der Waals surface area contributed by atoms with Crippen LogP contribution in [-0.4, -0.2) is 17.4 Å². The van der Waals surface area contributed by atoms with Gasteiger partial charge in [-0.1, -0.05) is 60.7 Å². The molecule has 0 aliphatic carbocycles.